The van der Waals surface area contributed by atoms with Crippen molar-refractivity contribution in [1.29, 1.82) is 0 Å². The Kier molecular flexibility index (Phi) is 12.3. The maximum Gasteiger partial charge on any atom is 0.416 e. The first kappa shape index (κ1) is 44.6. The maximum atomic E-state index is 13.3. The number of halogens is 3. The number of hydrogen-bond donors (Lipinski definition) is 3. The number of nitrogens with zero attached hydrogens (tertiary/aromatic N) is 5. The van der Waals surface area contributed by atoms with Crippen LogP contribution in [0.1, 0.15) is 18.4 Å². The molecule has 8 aromatic rings. The SMILES string of the molecule is COc1ccc(S(=O)(=O)Nc2cc(-c3ccc4nc(NC(=O)CCC(=O)Nc5nc6ccc(-c7cncc(N(C)S(=O)(=O)c8ccc(C(F)(F)F)cc8)c7)cc6s5)sc4c3)ccn2)cc1. The van der Waals surface area contributed by atoms with E-state index in [0.29, 0.717) is 60.6 Å². The standard InChI is InChI=1S/C43H33F3N8O7S4/c1-54(65(59,60)33-9-5-29(6-10-33)43(44,45)46)30-19-28(23-47-24-30)26-4-14-35-37(21-26)63-42(50-35)52-40(56)16-15-39(55)51-41-49-34-13-3-25(20-36(34)62-41)27-17-18-48-38(22-27)53-64(57,58)32-11-7-31(61-2)8-12-32/h3-14,17-24H,15-16H2,1-2H3,(H,48,53)(H,49,51,55)(H,50,52,56). The van der Waals surface area contributed by atoms with Crippen LogP contribution in [0, 0.1) is 0 Å². The fourth-order valence-electron chi connectivity index (χ4n) is 6.39. The molecular weight excluding hydrogens is 926 g/mol. The van der Waals surface area contributed by atoms with Gasteiger partial charge in [0.2, 0.25) is 11.8 Å². The zero-order valence-corrected chi connectivity index (χ0v) is 37.1. The lowest BCUT2D eigenvalue weighted by molar-refractivity contribution is -0.137. The van der Waals surface area contributed by atoms with E-state index >= 15 is 0 Å². The molecule has 4 aromatic heterocycles. The lowest BCUT2D eigenvalue weighted by atomic mass is 10.1. The van der Waals surface area contributed by atoms with Crippen molar-refractivity contribution in [3.8, 4) is 28.0 Å². The Hall–Kier alpha value is -7.01. The molecule has 4 heterocycles. The quantitative estimate of drug-likeness (QED) is 0.0939. The van der Waals surface area contributed by atoms with E-state index in [-0.39, 0.29) is 34.1 Å². The number of pyridine rings is 2. The largest absolute Gasteiger partial charge is 0.497 e. The van der Waals surface area contributed by atoms with E-state index in [1.807, 2.05) is 12.1 Å². The maximum absolute atomic E-state index is 13.3. The summed E-state index contributed by atoms with van der Waals surface area (Å²) in [5.41, 5.74) is 3.08. The van der Waals surface area contributed by atoms with Gasteiger partial charge in [0.25, 0.3) is 20.0 Å². The lowest BCUT2D eigenvalue weighted by Gasteiger charge is -2.20. The molecule has 0 fully saturated rings. The van der Waals surface area contributed by atoms with Crippen LogP contribution < -0.4 is 24.4 Å². The molecule has 0 aliphatic rings. The number of hydrogen-bond acceptors (Lipinski definition) is 13. The minimum Gasteiger partial charge on any atom is -0.497 e. The molecule has 0 aliphatic carbocycles. The number of amides is 2. The molecule has 65 heavy (non-hydrogen) atoms. The van der Waals surface area contributed by atoms with Crippen molar-refractivity contribution in [2.45, 2.75) is 28.8 Å². The molecule has 2 amide bonds. The zero-order chi connectivity index (χ0) is 46.1. The molecule has 0 atom stereocenters. The molecule has 0 saturated carbocycles. The van der Waals surface area contributed by atoms with Gasteiger partial charge >= 0.3 is 6.18 Å². The number of alkyl halides is 3. The first-order chi connectivity index (χ1) is 30.9. The molecule has 8 rings (SSSR count). The van der Waals surface area contributed by atoms with E-state index in [9.17, 15) is 39.6 Å². The van der Waals surface area contributed by atoms with Gasteiger partial charge in [0.1, 0.15) is 11.6 Å². The van der Waals surface area contributed by atoms with Crippen molar-refractivity contribution in [2.75, 3.05) is 33.8 Å². The third-order valence-corrected chi connectivity index (χ3v) is 14.8. The monoisotopic (exact) mass is 958 g/mol. The third kappa shape index (κ3) is 10.0. The summed E-state index contributed by atoms with van der Waals surface area (Å²) in [6, 6.07) is 24.9. The Morgan fingerprint density at radius 2 is 1.25 bits per heavy atom. The topological polar surface area (TPSA) is 203 Å². The Balaban J connectivity index is 0.863. The summed E-state index contributed by atoms with van der Waals surface area (Å²) < 4.78 is 102. The lowest BCUT2D eigenvalue weighted by Crippen LogP contribution is -2.26. The Morgan fingerprint density at radius 3 is 1.82 bits per heavy atom. The number of carbonyl (C=O) groups excluding carboxylic acids is 2. The number of nitrogens with one attached hydrogen (secondary N) is 3. The van der Waals surface area contributed by atoms with Crippen LogP contribution in [-0.2, 0) is 35.8 Å². The minimum atomic E-state index is -4.61. The number of ether oxygens (including phenoxy) is 1. The molecule has 0 saturated heterocycles. The van der Waals surface area contributed by atoms with E-state index in [0.717, 1.165) is 26.7 Å². The first-order valence-electron chi connectivity index (χ1n) is 19.1. The summed E-state index contributed by atoms with van der Waals surface area (Å²) in [6.07, 6.45) is -0.546. The number of methoxy groups -OCH3 is 1. The van der Waals surface area contributed by atoms with Crippen molar-refractivity contribution in [3.63, 3.8) is 0 Å². The van der Waals surface area contributed by atoms with Gasteiger partial charge in [-0.2, -0.15) is 13.2 Å². The predicted molar refractivity (Wildman–Crippen MR) is 243 cm³/mol. The number of benzene rings is 4. The molecule has 4 aromatic carbocycles. The number of anilines is 4. The van der Waals surface area contributed by atoms with Gasteiger partial charge in [0.05, 0.1) is 54.8 Å². The summed E-state index contributed by atoms with van der Waals surface area (Å²) in [5.74, 6) is -0.218. The average molecular weight is 959 g/mol. The molecule has 0 radical (unpaired) electrons. The molecule has 22 heteroatoms. The van der Waals surface area contributed by atoms with Crippen LogP contribution >= 0.6 is 22.7 Å². The van der Waals surface area contributed by atoms with E-state index in [1.54, 1.807) is 54.6 Å². The van der Waals surface area contributed by atoms with Crippen LogP contribution in [0.3, 0.4) is 0 Å². The van der Waals surface area contributed by atoms with E-state index in [1.165, 1.54) is 67.6 Å². The summed E-state index contributed by atoms with van der Waals surface area (Å²) >= 11 is 2.43. The highest BCUT2D eigenvalue weighted by Gasteiger charge is 2.31. The number of rotatable bonds is 14. The van der Waals surface area contributed by atoms with Gasteiger partial charge < -0.3 is 15.4 Å². The number of thiazole rings is 2. The Labute approximate surface area is 377 Å². The van der Waals surface area contributed by atoms with E-state index in [4.69, 9.17) is 4.74 Å². The fraction of sp³-hybridized carbons (Fsp3) is 0.116. The molecule has 332 valence electrons. The van der Waals surface area contributed by atoms with Crippen LogP contribution in [-0.4, -0.2) is 62.7 Å². The van der Waals surface area contributed by atoms with E-state index in [2.05, 4.69) is 35.3 Å². The number of carbonyl (C=O) groups is 2. The van der Waals surface area contributed by atoms with Gasteiger partial charge in [0.15, 0.2) is 10.3 Å². The van der Waals surface area contributed by atoms with Gasteiger partial charge in [0, 0.05) is 37.8 Å². The van der Waals surface area contributed by atoms with Gasteiger partial charge in [-0.25, -0.2) is 31.8 Å². The molecule has 0 aliphatic heterocycles. The molecule has 0 unspecified atom stereocenters. The van der Waals surface area contributed by atoms with Gasteiger partial charge in [-0.15, -0.1) is 0 Å². The predicted octanol–water partition coefficient (Wildman–Crippen LogP) is 9.04. The molecule has 15 nitrogen and oxygen atoms in total. The number of aromatic nitrogens is 4. The second-order valence-corrected chi connectivity index (χ2v) is 19.8. The summed E-state index contributed by atoms with van der Waals surface area (Å²) in [6.45, 7) is 0. The van der Waals surface area contributed by atoms with Crippen LogP contribution in [0.4, 0.5) is 34.9 Å². The van der Waals surface area contributed by atoms with Crippen molar-refractivity contribution >= 4 is 96.7 Å². The normalized spacial score (nSPS) is 12.0. The first-order valence-corrected chi connectivity index (χ1v) is 23.7. The summed E-state index contributed by atoms with van der Waals surface area (Å²) in [7, 11) is -5.37. The zero-order valence-electron chi connectivity index (χ0n) is 33.8. The van der Waals surface area contributed by atoms with Crippen LogP contribution in [0.15, 0.2) is 132 Å². The highest BCUT2D eigenvalue weighted by Crippen LogP contribution is 2.35. The van der Waals surface area contributed by atoms with Gasteiger partial charge in [-0.1, -0.05) is 34.8 Å². The van der Waals surface area contributed by atoms with E-state index < -0.39 is 43.6 Å². The number of fused-ring (bicyclic) bond motifs is 2. The molecule has 0 bridgehead atoms. The minimum absolute atomic E-state index is 0.0481. The van der Waals surface area contributed by atoms with Crippen molar-refractivity contribution in [2.24, 2.45) is 0 Å². The van der Waals surface area contributed by atoms with Crippen LogP contribution in [0.2, 0.25) is 0 Å². The average Bonchev–Trinajstić information content (AvgIpc) is 3.89. The van der Waals surface area contributed by atoms with Crippen molar-refractivity contribution in [1.82, 2.24) is 19.9 Å². The Bertz CT molecular complexity index is 3330. The summed E-state index contributed by atoms with van der Waals surface area (Å²) in [4.78, 5) is 42.8. The highest BCUT2D eigenvalue weighted by atomic mass is 32.2. The second-order valence-electron chi connectivity index (χ2n) is 14.1. The van der Waals surface area contributed by atoms with Gasteiger partial charge in [-0.05, 0) is 108 Å². The smallest absolute Gasteiger partial charge is 0.416 e. The van der Waals surface area contributed by atoms with Crippen LogP contribution in [0.25, 0.3) is 42.7 Å². The highest BCUT2D eigenvalue weighted by molar-refractivity contribution is 7.93. The second kappa shape index (κ2) is 17.9. The molecule has 3 N–H and O–H groups in total. The fourth-order valence-corrected chi connectivity index (χ4v) is 10.4. The Morgan fingerprint density at radius 1 is 0.692 bits per heavy atom. The van der Waals surface area contributed by atoms with Crippen molar-refractivity contribution < 1.29 is 44.3 Å². The van der Waals surface area contributed by atoms with Crippen LogP contribution in [0.5, 0.6) is 5.75 Å². The molecular formula is C43H33F3N8O7S4. The summed E-state index contributed by atoms with van der Waals surface area (Å²) in [5, 5.41) is 6.11. The van der Waals surface area contributed by atoms with Gasteiger partial charge in [-0.3, -0.25) is 23.6 Å². The van der Waals surface area contributed by atoms with Crippen molar-refractivity contribution in [3.05, 3.63) is 127 Å². The number of sulfonamides is 2. The third-order valence-electron chi connectivity index (χ3n) is 9.81. The molecule has 0 spiro atoms.